The maximum Gasteiger partial charge on any atom is 0.416 e. The summed E-state index contributed by atoms with van der Waals surface area (Å²) in [4.78, 5) is 11.6. The third-order valence-corrected chi connectivity index (χ3v) is 3.78. The van der Waals surface area contributed by atoms with Crippen LogP contribution >= 0.6 is 0 Å². The van der Waals surface area contributed by atoms with Crippen molar-refractivity contribution in [3.8, 4) is 0 Å². The fourth-order valence-corrected chi connectivity index (χ4v) is 2.27. The zero-order chi connectivity index (χ0) is 16.8. The van der Waals surface area contributed by atoms with Crippen LogP contribution in [0.15, 0.2) is 18.2 Å². The number of carbonyl (C=O) groups excluding carboxylic acids is 1. The van der Waals surface area contributed by atoms with Gasteiger partial charge in [0.1, 0.15) is 5.41 Å². The van der Waals surface area contributed by atoms with E-state index in [-0.39, 0.29) is 24.9 Å². The molecule has 1 fully saturated rings. The predicted octanol–water partition coefficient (Wildman–Crippen LogP) is 3.97. The van der Waals surface area contributed by atoms with Crippen molar-refractivity contribution in [3.63, 3.8) is 0 Å². The van der Waals surface area contributed by atoms with Crippen LogP contribution in [0, 0.1) is 12.3 Å². The molecule has 0 spiro atoms. The second-order valence-electron chi connectivity index (χ2n) is 5.41. The highest BCUT2D eigenvalue weighted by Gasteiger charge is 2.68. The minimum atomic E-state index is -4.60. The Morgan fingerprint density at radius 1 is 1.18 bits per heavy atom. The van der Waals surface area contributed by atoms with Gasteiger partial charge in [-0.05, 0) is 37.0 Å². The summed E-state index contributed by atoms with van der Waals surface area (Å²) in [6, 6.07) is 3.20. The van der Waals surface area contributed by atoms with Crippen LogP contribution < -0.4 is 5.32 Å². The minimum absolute atomic E-state index is 0.0452. The Morgan fingerprint density at radius 3 is 2.18 bits per heavy atom. The maximum atomic E-state index is 12.7. The molecule has 2 rings (SSSR count). The zero-order valence-electron chi connectivity index (χ0n) is 11.5. The molecule has 1 amide bonds. The number of alkyl halides is 6. The molecule has 8 heteroatoms. The lowest BCUT2D eigenvalue weighted by molar-refractivity contribution is -0.192. The van der Waals surface area contributed by atoms with E-state index >= 15 is 0 Å². The molecule has 1 aliphatic rings. The number of aryl methyl sites for hydroxylation is 1. The van der Waals surface area contributed by atoms with Crippen LogP contribution in [0.25, 0.3) is 0 Å². The molecule has 1 aromatic carbocycles. The lowest BCUT2D eigenvalue weighted by Gasteiger charge is -2.19. The predicted molar refractivity (Wildman–Crippen MR) is 65.7 cm³/mol. The number of rotatable bonds is 3. The van der Waals surface area contributed by atoms with Crippen molar-refractivity contribution in [3.05, 3.63) is 34.9 Å². The Morgan fingerprint density at radius 2 is 1.77 bits per heavy atom. The van der Waals surface area contributed by atoms with Crippen LogP contribution in [-0.4, -0.2) is 12.1 Å². The second-order valence-corrected chi connectivity index (χ2v) is 5.41. The normalized spacial score (nSPS) is 17.2. The summed E-state index contributed by atoms with van der Waals surface area (Å²) in [5.74, 6) is -1.13. The summed E-state index contributed by atoms with van der Waals surface area (Å²) in [6.45, 7) is 1.02. The van der Waals surface area contributed by atoms with Gasteiger partial charge in [0.2, 0.25) is 5.91 Å². The summed E-state index contributed by atoms with van der Waals surface area (Å²) in [5.41, 5.74) is -2.86. The van der Waals surface area contributed by atoms with Gasteiger partial charge < -0.3 is 5.32 Å². The van der Waals surface area contributed by atoms with Gasteiger partial charge >= 0.3 is 12.4 Å². The molecule has 0 radical (unpaired) electrons. The first-order valence-corrected chi connectivity index (χ1v) is 6.49. The zero-order valence-corrected chi connectivity index (χ0v) is 11.5. The monoisotopic (exact) mass is 325 g/mol. The molecule has 0 aromatic heterocycles. The molecule has 0 bridgehead atoms. The van der Waals surface area contributed by atoms with E-state index in [2.05, 4.69) is 5.32 Å². The van der Waals surface area contributed by atoms with Gasteiger partial charge in [-0.3, -0.25) is 4.79 Å². The standard InChI is InChI=1S/C14H13F6NO/c1-8-6-9(2-3-10(8)13(15,16)17)7-21-11(22)12(4-5-12)14(18,19)20/h2-3,6H,4-5,7H2,1H3,(H,21,22). The molecule has 1 N–H and O–H groups in total. The van der Waals surface area contributed by atoms with Gasteiger partial charge in [-0.25, -0.2) is 0 Å². The number of amides is 1. The summed E-state index contributed by atoms with van der Waals surface area (Å²) in [5, 5.41) is 2.15. The molecule has 1 saturated carbocycles. The van der Waals surface area contributed by atoms with E-state index in [1.54, 1.807) is 0 Å². The molecule has 122 valence electrons. The van der Waals surface area contributed by atoms with Crippen molar-refractivity contribution in [2.24, 2.45) is 5.41 Å². The maximum absolute atomic E-state index is 12.7. The average Bonchev–Trinajstić information content (AvgIpc) is 3.15. The highest BCUT2D eigenvalue weighted by Crippen LogP contribution is 2.57. The fourth-order valence-electron chi connectivity index (χ4n) is 2.27. The number of benzene rings is 1. The Hall–Kier alpha value is -1.73. The first kappa shape index (κ1) is 16.6. The van der Waals surface area contributed by atoms with E-state index < -0.39 is 29.2 Å². The first-order chi connectivity index (χ1) is 9.97. The SMILES string of the molecule is Cc1cc(CNC(=O)C2(C(F)(F)F)CC2)ccc1C(F)(F)F. The van der Waals surface area contributed by atoms with Gasteiger partial charge in [-0.15, -0.1) is 0 Å². The number of carbonyl (C=O) groups is 1. The van der Waals surface area contributed by atoms with E-state index in [1.165, 1.54) is 13.0 Å². The summed E-state index contributed by atoms with van der Waals surface area (Å²) in [7, 11) is 0. The summed E-state index contributed by atoms with van der Waals surface area (Å²) < 4.78 is 76.0. The van der Waals surface area contributed by atoms with Crippen LogP contribution in [0.2, 0.25) is 0 Å². The number of hydrogen-bond acceptors (Lipinski definition) is 1. The van der Waals surface area contributed by atoms with Gasteiger partial charge in [0.05, 0.1) is 5.56 Å². The topological polar surface area (TPSA) is 29.1 Å². The van der Waals surface area contributed by atoms with Crippen LogP contribution in [0.3, 0.4) is 0 Å². The molecule has 1 aliphatic carbocycles. The van der Waals surface area contributed by atoms with Crippen LogP contribution in [0.5, 0.6) is 0 Å². The van der Waals surface area contributed by atoms with Crippen molar-refractivity contribution in [1.82, 2.24) is 5.32 Å². The molecular weight excluding hydrogens is 312 g/mol. The van der Waals surface area contributed by atoms with E-state index in [1.807, 2.05) is 0 Å². The minimum Gasteiger partial charge on any atom is -0.351 e. The molecule has 0 unspecified atom stereocenters. The molecule has 0 saturated heterocycles. The average molecular weight is 325 g/mol. The van der Waals surface area contributed by atoms with Crippen molar-refractivity contribution >= 4 is 5.91 Å². The van der Waals surface area contributed by atoms with Crippen molar-refractivity contribution in [2.75, 3.05) is 0 Å². The highest BCUT2D eigenvalue weighted by molar-refractivity contribution is 5.86. The van der Waals surface area contributed by atoms with Crippen LogP contribution in [0.1, 0.15) is 29.5 Å². The Balaban J connectivity index is 2.04. The van der Waals surface area contributed by atoms with E-state index in [9.17, 15) is 31.1 Å². The van der Waals surface area contributed by atoms with Gasteiger partial charge in [-0.1, -0.05) is 12.1 Å². The first-order valence-electron chi connectivity index (χ1n) is 6.49. The Labute approximate surface area is 122 Å². The van der Waals surface area contributed by atoms with Crippen molar-refractivity contribution in [2.45, 2.75) is 38.7 Å². The quantitative estimate of drug-likeness (QED) is 0.837. The Kier molecular flexibility index (Phi) is 3.91. The summed E-state index contributed by atoms with van der Waals surface area (Å²) >= 11 is 0. The third kappa shape index (κ3) is 3.05. The highest BCUT2D eigenvalue weighted by atomic mass is 19.4. The van der Waals surface area contributed by atoms with E-state index in [0.29, 0.717) is 5.56 Å². The second kappa shape index (κ2) is 5.17. The van der Waals surface area contributed by atoms with Gasteiger partial charge in [0.15, 0.2) is 0 Å². The molecule has 22 heavy (non-hydrogen) atoms. The van der Waals surface area contributed by atoms with Gasteiger partial charge in [-0.2, -0.15) is 26.3 Å². The molecule has 0 atom stereocenters. The number of hydrogen-bond donors (Lipinski definition) is 1. The molecule has 0 aliphatic heterocycles. The van der Waals surface area contributed by atoms with Gasteiger partial charge in [0, 0.05) is 6.54 Å². The smallest absolute Gasteiger partial charge is 0.351 e. The van der Waals surface area contributed by atoms with Crippen LogP contribution in [-0.2, 0) is 17.5 Å². The van der Waals surface area contributed by atoms with Crippen molar-refractivity contribution < 1.29 is 31.1 Å². The van der Waals surface area contributed by atoms with E-state index in [4.69, 9.17) is 0 Å². The fraction of sp³-hybridized carbons (Fsp3) is 0.500. The molecule has 2 nitrogen and oxygen atoms in total. The number of nitrogens with one attached hydrogen (secondary N) is 1. The Bertz CT molecular complexity index is 586. The lowest BCUT2D eigenvalue weighted by atomic mass is 10.0. The number of halogens is 6. The van der Waals surface area contributed by atoms with Crippen LogP contribution in [0.4, 0.5) is 26.3 Å². The molecular formula is C14H13F6NO. The molecule has 1 aromatic rings. The van der Waals surface area contributed by atoms with Crippen molar-refractivity contribution in [1.29, 1.82) is 0 Å². The van der Waals surface area contributed by atoms with Gasteiger partial charge in [0.25, 0.3) is 0 Å². The largest absolute Gasteiger partial charge is 0.416 e. The van der Waals surface area contributed by atoms with E-state index in [0.717, 1.165) is 12.1 Å². The third-order valence-electron chi connectivity index (χ3n) is 3.78. The lowest BCUT2D eigenvalue weighted by Crippen LogP contribution is -2.40. The summed E-state index contributed by atoms with van der Waals surface area (Å²) in [6.07, 6.45) is -9.60. The molecule has 0 heterocycles.